The van der Waals surface area contributed by atoms with E-state index in [1.807, 2.05) is 24.4 Å². The van der Waals surface area contributed by atoms with Gasteiger partial charge in [0, 0.05) is 19.3 Å². The highest BCUT2D eigenvalue weighted by atomic mass is 32.1. The summed E-state index contributed by atoms with van der Waals surface area (Å²) in [6.45, 7) is 2.11. The highest BCUT2D eigenvalue weighted by Gasteiger charge is 2.22. The summed E-state index contributed by atoms with van der Waals surface area (Å²) in [5.41, 5.74) is 0.960. The van der Waals surface area contributed by atoms with Crippen LogP contribution in [0.15, 0.2) is 35.8 Å². The van der Waals surface area contributed by atoms with E-state index in [0.29, 0.717) is 0 Å². The molecular formula is C14H16N2OS. The largest absolute Gasteiger partial charge is 0.487 e. The normalized spacial score (nSPS) is 20.2. The van der Waals surface area contributed by atoms with Gasteiger partial charge in [-0.05, 0) is 37.0 Å². The summed E-state index contributed by atoms with van der Waals surface area (Å²) in [7, 11) is 2.13. The second-order valence-electron chi connectivity index (χ2n) is 4.62. The SMILES string of the molecule is CN1CC[C@@H](Oc2cccnc2-c2cccs2)C1. The fourth-order valence-corrected chi connectivity index (χ4v) is 2.98. The van der Waals surface area contributed by atoms with Crippen LogP contribution in [0.3, 0.4) is 0 Å². The summed E-state index contributed by atoms with van der Waals surface area (Å²) in [5.74, 6) is 0.903. The maximum atomic E-state index is 6.10. The molecule has 0 aromatic carbocycles. The molecule has 4 heteroatoms. The van der Waals surface area contributed by atoms with Gasteiger partial charge in [-0.1, -0.05) is 6.07 Å². The van der Waals surface area contributed by atoms with Gasteiger partial charge in [-0.2, -0.15) is 0 Å². The van der Waals surface area contributed by atoms with Gasteiger partial charge >= 0.3 is 0 Å². The molecular weight excluding hydrogens is 244 g/mol. The molecule has 1 aliphatic rings. The van der Waals surface area contributed by atoms with Crippen LogP contribution in [0.1, 0.15) is 6.42 Å². The van der Waals surface area contributed by atoms with Gasteiger partial charge in [-0.15, -0.1) is 11.3 Å². The highest BCUT2D eigenvalue weighted by Crippen LogP contribution is 2.32. The molecule has 3 rings (SSSR count). The highest BCUT2D eigenvalue weighted by molar-refractivity contribution is 7.13. The average Bonchev–Trinajstić information content (AvgIpc) is 3.02. The third-order valence-electron chi connectivity index (χ3n) is 3.17. The Hall–Kier alpha value is -1.39. The van der Waals surface area contributed by atoms with Crippen LogP contribution in [0.4, 0.5) is 0 Å². The third-order valence-corrected chi connectivity index (χ3v) is 4.04. The molecule has 0 unspecified atom stereocenters. The Labute approximate surface area is 111 Å². The van der Waals surface area contributed by atoms with E-state index in [1.165, 1.54) is 0 Å². The third kappa shape index (κ3) is 2.40. The zero-order chi connectivity index (χ0) is 12.4. The number of likely N-dealkylation sites (tertiary alicyclic amines) is 1. The van der Waals surface area contributed by atoms with Crippen molar-refractivity contribution in [2.45, 2.75) is 12.5 Å². The Balaban J connectivity index is 1.84. The summed E-state index contributed by atoms with van der Waals surface area (Å²) in [5, 5.41) is 2.07. The molecule has 0 saturated carbocycles. The summed E-state index contributed by atoms with van der Waals surface area (Å²) < 4.78 is 6.10. The first-order valence-electron chi connectivity index (χ1n) is 6.17. The lowest BCUT2D eigenvalue weighted by Gasteiger charge is -2.15. The van der Waals surface area contributed by atoms with Crippen LogP contribution in [0.2, 0.25) is 0 Å². The fourth-order valence-electron chi connectivity index (χ4n) is 2.25. The molecule has 1 saturated heterocycles. The van der Waals surface area contributed by atoms with E-state index in [2.05, 4.69) is 28.4 Å². The van der Waals surface area contributed by atoms with Crippen LogP contribution >= 0.6 is 11.3 Å². The van der Waals surface area contributed by atoms with Crippen LogP contribution < -0.4 is 4.74 Å². The Morgan fingerprint density at radius 3 is 3.06 bits per heavy atom. The van der Waals surface area contributed by atoms with Crippen LogP contribution in [-0.4, -0.2) is 36.1 Å². The molecule has 0 N–H and O–H groups in total. The molecule has 0 aliphatic carbocycles. The van der Waals surface area contributed by atoms with Gasteiger partial charge < -0.3 is 9.64 Å². The average molecular weight is 260 g/mol. The van der Waals surface area contributed by atoms with Crippen molar-refractivity contribution >= 4 is 11.3 Å². The predicted molar refractivity (Wildman–Crippen MR) is 74.1 cm³/mol. The van der Waals surface area contributed by atoms with Crippen LogP contribution in [0.25, 0.3) is 10.6 Å². The van der Waals surface area contributed by atoms with E-state index >= 15 is 0 Å². The molecule has 0 spiro atoms. The van der Waals surface area contributed by atoms with Crippen LogP contribution in [0, 0.1) is 0 Å². The second kappa shape index (κ2) is 5.08. The van der Waals surface area contributed by atoms with E-state index in [0.717, 1.165) is 35.8 Å². The van der Waals surface area contributed by atoms with Gasteiger partial charge in [0.05, 0.1) is 4.88 Å². The van der Waals surface area contributed by atoms with Crippen molar-refractivity contribution in [1.29, 1.82) is 0 Å². The minimum absolute atomic E-state index is 0.290. The summed E-state index contributed by atoms with van der Waals surface area (Å²) in [6.07, 6.45) is 3.20. The van der Waals surface area contributed by atoms with Gasteiger partial charge in [-0.3, -0.25) is 4.98 Å². The summed E-state index contributed by atoms with van der Waals surface area (Å²) in [4.78, 5) is 7.92. The van der Waals surface area contributed by atoms with Crippen molar-refractivity contribution in [3.8, 4) is 16.3 Å². The van der Waals surface area contributed by atoms with Crippen molar-refractivity contribution < 1.29 is 4.74 Å². The first kappa shape index (κ1) is 11.7. The van der Waals surface area contributed by atoms with Crippen LogP contribution in [0.5, 0.6) is 5.75 Å². The molecule has 1 atom stereocenters. The van der Waals surface area contributed by atoms with E-state index in [-0.39, 0.29) is 6.10 Å². The molecule has 1 fully saturated rings. The Morgan fingerprint density at radius 2 is 2.33 bits per heavy atom. The number of nitrogens with zero attached hydrogens (tertiary/aromatic N) is 2. The second-order valence-corrected chi connectivity index (χ2v) is 5.57. The quantitative estimate of drug-likeness (QED) is 0.848. The molecule has 2 aromatic rings. The van der Waals surface area contributed by atoms with Crippen molar-refractivity contribution in [1.82, 2.24) is 9.88 Å². The minimum atomic E-state index is 0.290. The molecule has 1 aliphatic heterocycles. The number of pyridine rings is 1. The van der Waals surface area contributed by atoms with Crippen LogP contribution in [-0.2, 0) is 0 Å². The van der Waals surface area contributed by atoms with Gasteiger partial charge in [-0.25, -0.2) is 0 Å². The number of hydrogen-bond acceptors (Lipinski definition) is 4. The van der Waals surface area contributed by atoms with Gasteiger partial charge in [0.25, 0.3) is 0 Å². The molecule has 2 aromatic heterocycles. The Kier molecular flexibility index (Phi) is 3.30. The number of hydrogen-bond donors (Lipinski definition) is 0. The van der Waals surface area contributed by atoms with E-state index in [9.17, 15) is 0 Å². The van der Waals surface area contributed by atoms with Gasteiger partial charge in [0.15, 0.2) is 0 Å². The number of rotatable bonds is 3. The number of thiophene rings is 1. The lowest BCUT2D eigenvalue weighted by atomic mass is 10.2. The molecule has 3 heterocycles. The zero-order valence-corrected chi connectivity index (χ0v) is 11.2. The predicted octanol–water partition coefficient (Wildman–Crippen LogP) is 2.89. The lowest BCUT2D eigenvalue weighted by molar-refractivity contribution is 0.208. The molecule has 94 valence electrons. The summed E-state index contributed by atoms with van der Waals surface area (Å²) in [6, 6.07) is 8.08. The topological polar surface area (TPSA) is 25.4 Å². The first-order chi connectivity index (χ1) is 8.83. The maximum absolute atomic E-state index is 6.10. The zero-order valence-electron chi connectivity index (χ0n) is 10.4. The number of likely N-dealkylation sites (N-methyl/N-ethyl adjacent to an activating group) is 1. The Bertz CT molecular complexity index is 512. The number of aromatic nitrogens is 1. The smallest absolute Gasteiger partial charge is 0.146 e. The molecule has 0 bridgehead atoms. The maximum Gasteiger partial charge on any atom is 0.146 e. The fraction of sp³-hybridized carbons (Fsp3) is 0.357. The molecule has 0 amide bonds. The van der Waals surface area contributed by atoms with Crippen molar-refractivity contribution in [2.24, 2.45) is 0 Å². The van der Waals surface area contributed by atoms with E-state index < -0.39 is 0 Å². The van der Waals surface area contributed by atoms with Gasteiger partial charge in [0.2, 0.25) is 0 Å². The van der Waals surface area contributed by atoms with E-state index in [1.54, 1.807) is 11.3 Å². The van der Waals surface area contributed by atoms with Crippen molar-refractivity contribution in [3.05, 3.63) is 35.8 Å². The standard InChI is InChI=1S/C14H16N2OS/c1-16-8-6-11(10-16)17-12-4-2-7-15-14(12)13-5-3-9-18-13/h2-5,7,9,11H,6,8,10H2,1H3/t11-/m1/s1. The first-order valence-corrected chi connectivity index (χ1v) is 7.05. The van der Waals surface area contributed by atoms with Crippen molar-refractivity contribution in [2.75, 3.05) is 20.1 Å². The minimum Gasteiger partial charge on any atom is -0.487 e. The van der Waals surface area contributed by atoms with E-state index in [4.69, 9.17) is 4.74 Å². The molecule has 0 radical (unpaired) electrons. The Morgan fingerprint density at radius 1 is 1.39 bits per heavy atom. The molecule has 18 heavy (non-hydrogen) atoms. The lowest BCUT2D eigenvalue weighted by Crippen LogP contribution is -2.21. The molecule has 3 nitrogen and oxygen atoms in total. The number of ether oxygens (including phenoxy) is 1. The van der Waals surface area contributed by atoms with Gasteiger partial charge in [0.1, 0.15) is 17.5 Å². The summed E-state index contributed by atoms with van der Waals surface area (Å²) >= 11 is 1.70. The monoisotopic (exact) mass is 260 g/mol. The van der Waals surface area contributed by atoms with Crippen molar-refractivity contribution in [3.63, 3.8) is 0 Å².